The minimum absolute atomic E-state index is 0.0371. The number of ether oxygens (including phenoxy) is 1. The van der Waals surface area contributed by atoms with E-state index in [1.807, 2.05) is 47.9 Å². The van der Waals surface area contributed by atoms with Crippen LogP contribution in [-0.4, -0.2) is 45.5 Å². The maximum absolute atomic E-state index is 13.7. The Kier molecular flexibility index (Phi) is 4.15. The first-order valence-electron chi connectivity index (χ1n) is 8.32. The molecule has 1 spiro atoms. The fourth-order valence-electron chi connectivity index (χ4n) is 3.47. The van der Waals surface area contributed by atoms with Crippen molar-refractivity contribution in [2.24, 2.45) is 0 Å². The summed E-state index contributed by atoms with van der Waals surface area (Å²) in [6.45, 7) is 3.42. The number of carbonyl (C=O) groups excluding carboxylic acids is 1. The van der Waals surface area contributed by atoms with E-state index in [1.165, 1.54) is 12.3 Å². The third-order valence-corrected chi connectivity index (χ3v) is 6.26. The molecule has 2 aliphatic rings. The van der Waals surface area contributed by atoms with Gasteiger partial charge in [0, 0.05) is 37.0 Å². The minimum atomic E-state index is -0.432. The van der Waals surface area contributed by atoms with E-state index in [-0.39, 0.29) is 22.6 Å². The van der Waals surface area contributed by atoms with E-state index in [0.29, 0.717) is 0 Å². The first-order valence-corrected chi connectivity index (χ1v) is 9.30. The highest BCUT2D eigenvalue weighted by atomic mass is 32.2. The molecule has 0 bridgehead atoms. The van der Waals surface area contributed by atoms with Crippen molar-refractivity contribution >= 4 is 17.7 Å². The van der Waals surface area contributed by atoms with E-state index in [9.17, 15) is 9.18 Å². The van der Waals surface area contributed by atoms with Gasteiger partial charge >= 0.3 is 0 Å². The number of hydrogen-bond acceptors (Lipinski definition) is 4. The van der Waals surface area contributed by atoms with Crippen molar-refractivity contribution < 1.29 is 13.9 Å². The average Bonchev–Trinajstić information content (AvgIpc) is 2.99. The van der Waals surface area contributed by atoms with Gasteiger partial charge in [0.1, 0.15) is 6.10 Å². The smallest absolute Gasteiger partial charge is 0.253 e. The largest absolute Gasteiger partial charge is 0.471 e. The molecule has 4 nitrogen and oxygen atoms in total. The lowest BCUT2D eigenvalue weighted by Gasteiger charge is -2.47. The van der Waals surface area contributed by atoms with Gasteiger partial charge in [-0.2, -0.15) is 0 Å². The topological polar surface area (TPSA) is 42.4 Å². The number of aromatic nitrogens is 1. The van der Waals surface area contributed by atoms with Gasteiger partial charge < -0.3 is 9.64 Å². The summed E-state index contributed by atoms with van der Waals surface area (Å²) < 4.78 is 19.4. The fraction of sp³-hybridized carbons (Fsp3) is 0.368. The van der Waals surface area contributed by atoms with Crippen molar-refractivity contribution in [1.29, 1.82) is 0 Å². The third-order valence-electron chi connectivity index (χ3n) is 4.69. The summed E-state index contributed by atoms with van der Waals surface area (Å²) in [6, 6.07) is 10.6. The molecule has 0 unspecified atom stereocenters. The van der Waals surface area contributed by atoms with Gasteiger partial charge in [0.25, 0.3) is 11.8 Å². The van der Waals surface area contributed by atoms with Crippen molar-refractivity contribution in [3.05, 3.63) is 59.5 Å². The predicted octanol–water partition coefficient (Wildman–Crippen LogP) is 3.31. The number of likely N-dealkylation sites (tertiary alicyclic amines) is 1. The molecule has 4 rings (SSSR count). The van der Waals surface area contributed by atoms with Crippen LogP contribution < -0.4 is 4.74 Å². The lowest BCUT2D eigenvalue weighted by Crippen LogP contribution is -2.60. The van der Waals surface area contributed by atoms with Crippen LogP contribution in [0, 0.1) is 12.7 Å². The monoisotopic (exact) mass is 358 g/mol. The summed E-state index contributed by atoms with van der Waals surface area (Å²) in [5.41, 5.74) is 1.82. The number of amides is 1. The summed E-state index contributed by atoms with van der Waals surface area (Å²) in [5.74, 6) is 0.508. The standard InChI is InChI=1S/C19H19FN2O2S/c1-13-4-2-5-14(8-13)18(23)22-11-19(12-22)9-15(10-25-19)24-17-16(20)6-3-7-21-17/h2-8,15H,9-12H2,1H3/t15-/m0/s1. The number of aryl methyl sites for hydroxylation is 1. The molecule has 3 heterocycles. The number of nitrogens with zero attached hydrogens (tertiary/aromatic N) is 2. The zero-order valence-electron chi connectivity index (χ0n) is 13.9. The molecular weight excluding hydrogens is 339 g/mol. The molecule has 130 valence electrons. The molecule has 2 aliphatic heterocycles. The zero-order valence-corrected chi connectivity index (χ0v) is 14.8. The molecule has 1 amide bonds. The van der Waals surface area contributed by atoms with Crippen molar-refractivity contribution in [2.75, 3.05) is 18.8 Å². The molecule has 0 aliphatic carbocycles. The highest BCUT2D eigenvalue weighted by Gasteiger charge is 2.51. The van der Waals surface area contributed by atoms with Crippen LogP contribution in [0.2, 0.25) is 0 Å². The molecule has 0 saturated carbocycles. The van der Waals surface area contributed by atoms with E-state index < -0.39 is 5.82 Å². The Morgan fingerprint density at radius 2 is 2.20 bits per heavy atom. The van der Waals surface area contributed by atoms with E-state index in [4.69, 9.17) is 4.74 Å². The van der Waals surface area contributed by atoms with E-state index >= 15 is 0 Å². The number of carbonyl (C=O) groups is 1. The zero-order chi connectivity index (χ0) is 17.4. The molecule has 0 N–H and O–H groups in total. The first kappa shape index (κ1) is 16.4. The Morgan fingerprint density at radius 3 is 2.96 bits per heavy atom. The second kappa shape index (κ2) is 6.33. The first-order chi connectivity index (χ1) is 12.0. The molecule has 1 atom stereocenters. The number of pyridine rings is 1. The molecule has 1 aromatic carbocycles. The van der Waals surface area contributed by atoms with Crippen molar-refractivity contribution in [3.8, 4) is 5.88 Å². The summed E-state index contributed by atoms with van der Waals surface area (Å²) in [5, 5.41) is 0. The van der Waals surface area contributed by atoms with Gasteiger partial charge in [-0.3, -0.25) is 4.79 Å². The van der Waals surface area contributed by atoms with Crippen LogP contribution in [0.1, 0.15) is 22.3 Å². The second-order valence-corrected chi connectivity index (χ2v) is 8.25. The molecule has 6 heteroatoms. The Balaban J connectivity index is 1.36. The molecule has 2 aromatic rings. The van der Waals surface area contributed by atoms with Crippen LogP contribution >= 0.6 is 11.8 Å². The summed E-state index contributed by atoms with van der Waals surface area (Å²) in [4.78, 5) is 18.4. The maximum atomic E-state index is 13.7. The van der Waals surface area contributed by atoms with Crippen LogP contribution in [0.4, 0.5) is 4.39 Å². The molecular formula is C19H19FN2O2S. The van der Waals surface area contributed by atoms with Gasteiger partial charge in [0.15, 0.2) is 5.82 Å². The van der Waals surface area contributed by atoms with E-state index in [1.54, 1.807) is 6.07 Å². The number of rotatable bonds is 3. The summed E-state index contributed by atoms with van der Waals surface area (Å²) in [7, 11) is 0. The van der Waals surface area contributed by atoms with E-state index in [0.717, 1.165) is 36.4 Å². The Labute approximate surface area is 150 Å². The minimum Gasteiger partial charge on any atom is -0.471 e. The second-order valence-electron chi connectivity index (χ2n) is 6.76. The number of benzene rings is 1. The normalized spacial score (nSPS) is 21.2. The highest BCUT2D eigenvalue weighted by Crippen LogP contribution is 2.46. The highest BCUT2D eigenvalue weighted by molar-refractivity contribution is 8.01. The Morgan fingerprint density at radius 1 is 1.36 bits per heavy atom. The number of hydrogen-bond donors (Lipinski definition) is 0. The third kappa shape index (κ3) is 3.23. The maximum Gasteiger partial charge on any atom is 0.253 e. The Bertz CT molecular complexity index is 808. The molecule has 2 fully saturated rings. The summed E-state index contributed by atoms with van der Waals surface area (Å²) in [6.07, 6.45) is 2.28. The SMILES string of the molecule is Cc1cccc(C(=O)N2CC3(C[C@H](Oc4ncccc4F)CS3)C2)c1. The van der Waals surface area contributed by atoms with Crippen LogP contribution in [-0.2, 0) is 0 Å². The van der Waals surface area contributed by atoms with Gasteiger partial charge in [0.2, 0.25) is 0 Å². The van der Waals surface area contributed by atoms with E-state index in [2.05, 4.69) is 4.98 Å². The fourth-order valence-corrected chi connectivity index (χ4v) is 4.99. The van der Waals surface area contributed by atoms with Gasteiger partial charge in [0.05, 0.1) is 4.75 Å². The molecule has 25 heavy (non-hydrogen) atoms. The lowest BCUT2D eigenvalue weighted by molar-refractivity contribution is 0.0514. The van der Waals surface area contributed by atoms with Gasteiger partial charge in [-0.15, -0.1) is 11.8 Å². The van der Waals surface area contributed by atoms with Crippen LogP contribution in [0.3, 0.4) is 0 Å². The lowest BCUT2D eigenvalue weighted by atomic mass is 9.92. The van der Waals surface area contributed by atoms with Crippen molar-refractivity contribution in [3.63, 3.8) is 0 Å². The predicted molar refractivity (Wildman–Crippen MR) is 95.5 cm³/mol. The van der Waals surface area contributed by atoms with Crippen LogP contribution in [0.25, 0.3) is 0 Å². The molecule has 2 saturated heterocycles. The quantitative estimate of drug-likeness (QED) is 0.844. The van der Waals surface area contributed by atoms with Crippen molar-refractivity contribution in [1.82, 2.24) is 9.88 Å². The molecule has 0 radical (unpaired) electrons. The Hall–Kier alpha value is -2.08. The molecule has 1 aromatic heterocycles. The number of thioether (sulfide) groups is 1. The van der Waals surface area contributed by atoms with Crippen molar-refractivity contribution in [2.45, 2.75) is 24.2 Å². The number of halogens is 1. The average molecular weight is 358 g/mol. The van der Waals surface area contributed by atoms with Crippen LogP contribution in [0.5, 0.6) is 5.88 Å². The van der Waals surface area contributed by atoms with Gasteiger partial charge in [-0.25, -0.2) is 9.37 Å². The van der Waals surface area contributed by atoms with Crippen LogP contribution in [0.15, 0.2) is 42.6 Å². The van der Waals surface area contributed by atoms with Gasteiger partial charge in [-0.05, 0) is 31.2 Å². The summed E-state index contributed by atoms with van der Waals surface area (Å²) >= 11 is 1.82. The van der Waals surface area contributed by atoms with Gasteiger partial charge in [-0.1, -0.05) is 17.7 Å².